The molecule has 0 aliphatic heterocycles. The van der Waals surface area contributed by atoms with Gasteiger partial charge < -0.3 is 10.1 Å². The Balaban J connectivity index is 1.43. The maximum absolute atomic E-state index is 12.0. The molecule has 0 unspecified atom stereocenters. The molecule has 0 bridgehead atoms. The summed E-state index contributed by atoms with van der Waals surface area (Å²) in [7, 11) is 0. The Morgan fingerprint density at radius 2 is 1.93 bits per heavy atom. The first-order valence-corrected chi connectivity index (χ1v) is 10.0. The fourth-order valence-corrected chi connectivity index (χ4v) is 3.59. The second-order valence-electron chi connectivity index (χ2n) is 6.33. The molecule has 27 heavy (non-hydrogen) atoms. The molecule has 2 aromatic carbocycles. The average molecular weight is 381 g/mol. The van der Waals surface area contributed by atoms with E-state index in [1.54, 1.807) is 11.3 Å². The number of hydrogen-bond donors (Lipinski definition) is 1. The largest absolute Gasteiger partial charge is 0.493 e. The average Bonchev–Trinajstić information content (AvgIpc) is 3.16. The molecule has 140 valence electrons. The quantitative estimate of drug-likeness (QED) is 0.613. The molecule has 1 N–H and O–H groups in total. The van der Waals surface area contributed by atoms with Crippen LogP contribution >= 0.6 is 11.3 Å². The van der Waals surface area contributed by atoms with Gasteiger partial charge in [-0.25, -0.2) is 4.98 Å². The van der Waals surface area contributed by atoms with Crippen LogP contribution in [0.1, 0.15) is 30.2 Å². The van der Waals surface area contributed by atoms with Crippen molar-refractivity contribution in [3.8, 4) is 16.3 Å². The lowest BCUT2D eigenvalue weighted by atomic mass is 10.1. The molecule has 0 radical (unpaired) electrons. The van der Waals surface area contributed by atoms with Crippen LogP contribution in [0.4, 0.5) is 0 Å². The second kappa shape index (κ2) is 9.33. The van der Waals surface area contributed by atoms with E-state index in [-0.39, 0.29) is 5.91 Å². The first-order chi connectivity index (χ1) is 13.2. The van der Waals surface area contributed by atoms with Gasteiger partial charge in [-0.1, -0.05) is 43.3 Å². The van der Waals surface area contributed by atoms with Crippen molar-refractivity contribution in [3.05, 3.63) is 70.7 Å². The van der Waals surface area contributed by atoms with Crippen molar-refractivity contribution in [2.24, 2.45) is 0 Å². The zero-order valence-corrected chi connectivity index (χ0v) is 16.5. The SMILES string of the molecule is CCc1ccc(OCCC(=O)NCc2csc(-c3ccccc3C)n2)cc1. The number of aromatic nitrogens is 1. The monoisotopic (exact) mass is 380 g/mol. The molecular formula is C22H24N2O2S. The lowest BCUT2D eigenvalue weighted by molar-refractivity contribution is -0.121. The van der Waals surface area contributed by atoms with Gasteiger partial charge in [0.15, 0.2) is 0 Å². The van der Waals surface area contributed by atoms with E-state index >= 15 is 0 Å². The van der Waals surface area contributed by atoms with Crippen LogP contribution in [-0.2, 0) is 17.8 Å². The Bertz CT molecular complexity index is 887. The Morgan fingerprint density at radius 1 is 1.15 bits per heavy atom. The molecule has 0 atom stereocenters. The van der Waals surface area contributed by atoms with Gasteiger partial charge in [0.05, 0.1) is 25.3 Å². The number of amides is 1. The summed E-state index contributed by atoms with van der Waals surface area (Å²) in [5.74, 6) is 0.757. The number of carbonyl (C=O) groups excluding carboxylic acids is 1. The summed E-state index contributed by atoms with van der Waals surface area (Å²) in [6.07, 6.45) is 1.33. The van der Waals surface area contributed by atoms with Gasteiger partial charge in [-0.15, -0.1) is 11.3 Å². The third-order valence-electron chi connectivity index (χ3n) is 4.32. The highest BCUT2D eigenvalue weighted by atomic mass is 32.1. The van der Waals surface area contributed by atoms with Crippen molar-refractivity contribution in [2.75, 3.05) is 6.61 Å². The molecule has 0 fully saturated rings. The Morgan fingerprint density at radius 3 is 2.67 bits per heavy atom. The number of thiazole rings is 1. The van der Waals surface area contributed by atoms with Crippen LogP contribution in [0.15, 0.2) is 53.9 Å². The number of nitrogens with one attached hydrogen (secondary N) is 1. The van der Waals surface area contributed by atoms with Crippen molar-refractivity contribution in [1.82, 2.24) is 10.3 Å². The van der Waals surface area contributed by atoms with Crippen molar-refractivity contribution >= 4 is 17.2 Å². The van der Waals surface area contributed by atoms with Crippen molar-refractivity contribution in [3.63, 3.8) is 0 Å². The number of benzene rings is 2. The molecule has 3 rings (SSSR count). The predicted molar refractivity (Wildman–Crippen MR) is 110 cm³/mol. The summed E-state index contributed by atoms with van der Waals surface area (Å²) < 4.78 is 5.63. The highest BCUT2D eigenvalue weighted by Gasteiger charge is 2.08. The molecule has 0 saturated carbocycles. The van der Waals surface area contributed by atoms with Crippen LogP contribution in [-0.4, -0.2) is 17.5 Å². The molecule has 1 amide bonds. The van der Waals surface area contributed by atoms with Crippen LogP contribution < -0.4 is 10.1 Å². The maximum Gasteiger partial charge on any atom is 0.223 e. The minimum atomic E-state index is -0.0365. The second-order valence-corrected chi connectivity index (χ2v) is 7.19. The highest BCUT2D eigenvalue weighted by molar-refractivity contribution is 7.13. The predicted octanol–water partition coefficient (Wildman–Crippen LogP) is 4.77. The number of rotatable bonds is 8. The third kappa shape index (κ3) is 5.41. The van der Waals surface area contributed by atoms with E-state index < -0.39 is 0 Å². The molecule has 0 saturated heterocycles. The minimum Gasteiger partial charge on any atom is -0.493 e. The van der Waals surface area contributed by atoms with Crippen LogP contribution in [0.25, 0.3) is 10.6 Å². The number of hydrogen-bond acceptors (Lipinski definition) is 4. The number of nitrogens with zero attached hydrogens (tertiary/aromatic N) is 1. The van der Waals surface area contributed by atoms with E-state index in [9.17, 15) is 4.79 Å². The van der Waals surface area contributed by atoms with Crippen LogP contribution in [0.5, 0.6) is 5.75 Å². The van der Waals surface area contributed by atoms with Gasteiger partial charge in [0.2, 0.25) is 5.91 Å². The standard InChI is InChI=1S/C22H24N2O2S/c1-3-17-8-10-19(11-9-17)26-13-12-21(25)23-14-18-15-27-22(24-18)20-7-5-4-6-16(20)2/h4-11,15H,3,12-14H2,1-2H3,(H,23,25). The summed E-state index contributed by atoms with van der Waals surface area (Å²) in [4.78, 5) is 16.7. The summed E-state index contributed by atoms with van der Waals surface area (Å²) in [5, 5.41) is 5.88. The molecule has 4 nitrogen and oxygen atoms in total. The van der Waals surface area contributed by atoms with E-state index in [2.05, 4.69) is 36.3 Å². The molecular weight excluding hydrogens is 356 g/mol. The Hall–Kier alpha value is -2.66. The topological polar surface area (TPSA) is 51.2 Å². The van der Waals surface area contributed by atoms with Crippen LogP contribution in [0.3, 0.4) is 0 Å². The van der Waals surface area contributed by atoms with Gasteiger partial charge in [0, 0.05) is 10.9 Å². The molecule has 5 heteroatoms. The summed E-state index contributed by atoms with van der Waals surface area (Å²) in [6.45, 7) is 5.00. The third-order valence-corrected chi connectivity index (χ3v) is 5.25. The van der Waals surface area contributed by atoms with Crippen LogP contribution in [0, 0.1) is 6.92 Å². The van der Waals surface area contributed by atoms with Gasteiger partial charge in [-0.05, 0) is 36.6 Å². The maximum atomic E-state index is 12.0. The van der Waals surface area contributed by atoms with Crippen molar-refractivity contribution in [2.45, 2.75) is 33.2 Å². The van der Waals surface area contributed by atoms with Crippen molar-refractivity contribution < 1.29 is 9.53 Å². The summed E-state index contributed by atoms with van der Waals surface area (Å²) in [6, 6.07) is 16.2. The highest BCUT2D eigenvalue weighted by Crippen LogP contribution is 2.26. The molecule has 3 aromatic rings. The summed E-state index contributed by atoms with van der Waals surface area (Å²) >= 11 is 1.60. The molecule has 0 aliphatic carbocycles. The summed E-state index contributed by atoms with van der Waals surface area (Å²) in [5.41, 5.74) is 4.49. The van der Waals surface area contributed by atoms with Gasteiger partial charge in [0.25, 0.3) is 0 Å². The van der Waals surface area contributed by atoms with Gasteiger partial charge in [-0.3, -0.25) is 4.79 Å². The minimum absolute atomic E-state index is 0.0365. The van der Waals surface area contributed by atoms with E-state index in [4.69, 9.17) is 4.74 Å². The zero-order chi connectivity index (χ0) is 19.1. The Kier molecular flexibility index (Phi) is 6.60. The van der Waals surface area contributed by atoms with Gasteiger partial charge in [-0.2, -0.15) is 0 Å². The van der Waals surface area contributed by atoms with Crippen molar-refractivity contribution in [1.29, 1.82) is 0 Å². The molecule has 0 aliphatic rings. The number of carbonyl (C=O) groups is 1. The van der Waals surface area contributed by atoms with Gasteiger partial charge in [0.1, 0.15) is 10.8 Å². The normalized spacial score (nSPS) is 10.6. The lowest BCUT2D eigenvalue weighted by Crippen LogP contribution is -2.24. The van der Waals surface area contributed by atoms with Crippen LogP contribution in [0.2, 0.25) is 0 Å². The lowest BCUT2D eigenvalue weighted by Gasteiger charge is -2.07. The molecule has 0 spiro atoms. The zero-order valence-electron chi connectivity index (χ0n) is 15.7. The van der Waals surface area contributed by atoms with E-state index in [0.29, 0.717) is 19.6 Å². The first kappa shape index (κ1) is 19.1. The fraction of sp³-hybridized carbons (Fsp3) is 0.273. The van der Waals surface area contributed by atoms with E-state index in [1.807, 2.05) is 41.8 Å². The smallest absolute Gasteiger partial charge is 0.223 e. The molecule has 1 heterocycles. The fourth-order valence-electron chi connectivity index (χ4n) is 2.69. The number of ether oxygens (including phenoxy) is 1. The van der Waals surface area contributed by atoms with E-state index in [1.165, 1.54) is 11.1 Å². The molecule has 1 aromatic heterocycles. The Labute approximate surface area is 164 Å². The van der Waals surface area contributed by atoms with Gasteiger partial charge >= 0.3 is 0 Å². The van der Waals surface area contributed by atoms with E-state index in [0.717, 1.165) is 28.4 Å². The number of aryl methyl sites for hydroxylation is 2. The first-order valence-electron chi connectivity index (χ1n) is 9.14.